The minimum absolute atomic E-state index is 0.370. The molecule has 0 amide bonds. The molecule has 80 valence electrons. The van der Waals surface area contributed by atoms with Crippen molar-refractivity contribution in [3.8, 4) is 0 Å². The first kappa shape index (κ1) is 11.6. The quantitative estimate of drug-likeness (QED) is 0.788. The van der Waals surface area contributed by atoms with Crippen LogP contribution in [0, 0.1) is 0 Å². The summed E-state index contributed by atoms with van der Waals surface area (Å²) in [5.74, 6) is 1.80. The van der Waals surface area contributed by atoms with Crippen molar-refractivity contribution in [2.45, 2.75) is 32.9 Å². The van der Waals surface area contributed by atoms with E-state index in [1.165, 1.54) is 0 Å². The smallest absolute Gasteiger partial charge is 0.0910 e. The zero-order chi connectivity index (χ0) is 10.4. The molecule has 0 saturated heterocycles. The summed E-state index contributed by atoms with van der Waals surface area (Å²) in [6, 6.07) is 0. The van der Waals surface area contributed by atoms with E-state index < -0.39 is 0 Å². The fourth-order valence-electron chi connectivity index (χ4n) is 1.23. The van der Waals surface area contributed by atoms with Gasteiger partial charge in [-0.2, -0.15) is 16.9 Å². The van der Waals surface area contributed by atoms with Crippen molar-refractivity contribution in [2.75, 3.05) is 11.5 Å². The molecule has 1 N–H and O–H groups in total. The van der Waals surface area contributed by atoms with Crippen LogP contribution in [0.4, 0.5) is 0 Å². The highest BCUT2D eigenvalue weighted by Crippen LogP contribution is 2.17. The minimum atomic E-state index is -0.370. The third-order valence-electron chi connectivity index (χ3n) is 1.97. The number of hydrogen-bond acceptors (Lipinski definition) is 3. The summed E-state index contributed by atoms with van der Waals surface area (Å²) in [6.45, 7) is 5.14. The fraction of sp³-hybridized carbons (Fsp3) is 0.700. The molecule has 0 aromatic carbocycles. The zero-order valence-corrected chi connectivity index (χ0v) is 9.63. The molecule has 0 aliphatic carbocycles. The van der Waals surface area contributed by atoms with Gasteiger partial charge in [0.25, 0.3) is 0 Å². The van der Waals surface area contributed by atoms with E-state index >= 15 is 0 Å². The average Bonchev–Trinajstić information content (AvgIpc) is 2.63. The Labute approximate surface area is 89.5 Å². The maximum absolute atomic E-state index is 9.76. The normalized spacial score (nSPS) is 13.1. The third kappa shape index (κ3) is 3.35. The first-order chi connectivity index (χ1) is 6.77. The van der Waals surface area contributed by atoms with Crippen molar-refractivity contribution in [3.63, 3.8) is 0 Å². The Bertz CT molecular complexity index is 262. The molecule has 0 saturated carbocycles. The van der Waals surface area contributed by atoms with Crippen LogP contribution in [0.3, 0.4) is 0 Å². The van der Waals surface area contributed by atoms with E-state index in [1.54, 1.807) is 18.0 Å². The predicted molar refractivity (Wildman–Crippen MR) is 60.5 cm³/mol. The zero-order valence-electron chi connectivity index (χ0n) is 8.81. The molecule has 3 nitrogen and oxygen atoms in total. The van der Waals surface area contributed by atoms with Crippen LogP contribution in [0.2, 0.25) is 0 Å². The second-order valence-electron chi connectivity index (χ2n) is 3.21. The lowest BCUT2D eigenvalue weighted by molar-refractivity contribution is 0.204. The van der Waals surface area contributed by atoms with Gasteiger partial charge in [0, 0.05) is 24.1 Å². The maximum atomic E-state index is 9.76. The highest BCUT2D eigenvalue weighted by molar-refractivity contribution is 7.99. The monoisotopic (exact) mass is 214 g/mol. The van der Waals surface area contributed by atoms with Gasteiger partial charge >= 0.3 is 0 Å². The molecule has 1 unspecified atom stereocenters. The molecular formula is C10H18N2OS. The molecular weight excluding hydrogens is 196 g/mol. The van der Waals surface area contributed by atoms with Crippen LogP contribution < -0.4 is 0 Å². The molecule has 0 bridgehead atoms. The van der Waals surface area contributed by atoms with Crippen molar-refractivity contribution in [1.29, 1.82) is 0 Å². The highest BCUT2D eigenvalue weighted by Gasteiger charge is 2.09. The van der Waals surface area contributed by atoms with Crippen molar-refractivity contribution < 1.29 is 5.11 Å². The average molecular weight is 214 g/mol. The van der Waals surface area contributed by atoms with Crippen LogP contribution in [0.5, 0.6) is 0 Å². The SMILES string of the molecule is CCCn1cc(C(O)CSCC)cn1. The van der Waals surface area contributed by atoms with Crippen molar-refractivity contribution in [1.82, 2.24) is 9.78 Å². The number of aliphatic hydroxyl groups is 1. The number of aryl methyl sites for hydroxylation is 1. The van der Waals surface area contributed by atoms with Gasteiger partial charge in [-0.15, -0.1) is 0 Å². The summed E-state index contributed by atoms with van der Waals surface area (Å²) < 4.78 is 1.88. The Balaban J connectivity index is 2.48. The lowest BCUT2D eigenvalue weighted by atomic mass is 10.2. The number of thioether (sulfide) groups is 1. The van der Waals surface area contributed by atoms with E-state index in [0.29, 0.717) is 0 Å². The second kappa shape index (κ2) is 6.09. The number of aliphatic hydroxyl groups excluding tert-OH is 1. The molecule has 14 heavy (non-hydrogen) atoms. The topological polar surface area (TPSA) is 38.0 Å². The van der Waals surface area contributed by atoms with E-state index in [2.05, 4.69) is 18.9 Å². The first-order valence-corrected chi connectivity index (χ1v) is 6.21. The molecule has 0 aliphatic rings. The molecule has 0 aliphatic heterocycles. The number of aromatic nitrogens is 2. The Hall–Kier alpha value is -0.480. The molecule has 1 aromatic rings. The lowest BCUT2D eigenvalue weighted by Crippen LogP contribution is -2.00. The van der Waals surface area contributed by atoms with Crippen LogP contribution in [0.1, 0.15) is 31.9 Å². The lowest BCUT2D eigenvalue weighted by Gasteiger charge is -2.05. The van der Waals surface area contributed by atoms with Crippen molar-refractivity contribution in [2.24, 2.45) is 0 Å². The standard InChI is InChI=1S/C10H18N2OS/c1-3-5-12-7-9(6-11-12)10(13)8-14-4-2/h6-7,10,13H,3-5,8H2,1-2H3. The van der Waals surface area contributed by atoms with Crippen LogP contribution in [0.25, 0.3) is 0 Å². The Morgan fingerprint density at radius 2 is 2.36 bits per heavy atom. The second-order valence-corrected chi connectivity index (χ2v) is 4.53. The Morgan fingerprint density at radius 1 is 1.57 bits per heavy atom. The van der Waals surface area contributed by atoms with Gasteiger partial charge in [-0.05, 0) is 12.2 Å². The molecule has 0 spiro atoms. The summed E-state index contributed by atoms with van der Waals surface area (Å²) >= 11 is 1.75. The van der Waals surface area contributed by atoms with Gasteiger partial charge in [-0.3, -0.25) is 4.68 Å². The largest absolute Gasteiger partial charge is 0.387 e. The van der Waals surface area contributed by atoms with E-state index in [0.717, 1.165) is 30.0 Å². The number of rotatable bonds is 6. The maximum Gasteiger partial charge on any atom is 0.0910 e. The van der Waals surface area contributed by atoms with Gasteiger partial charge in [0.05, 0.1) is 12.3 Å². The van der Waals surface area contributed by atoms with E-state index in [9.17, 15) is 5.11 Å². The van der Waals surface area contributed by atoms with Gasteiger partial charge in [-0.25, -0.2) is 0 Å². The van der Waals surface area contributed by atoms with E-state index in [4.69, 9.17) is 0 Å². The molecule has 1 atom stereocenters. The highest BCUT2D eigenvalue weighted by atomic mass is 32.2. The first-order valence-electron chi connectivity index (χ1n) is 5.06. The fourth-order valence-corrected chi connectivity index (χ4v) is 1.88. The van der Waals surface area contributed by atoms with Crippen molar-refractivity contribution >= 4 is 11.8 Å². The van der Waals surface area contributed by atoms with Gasteiger partial charge in [-0.1, -0.05) is 13.8 Å². The Kier molecular flexibility index (Phi) is 5.04. The predicted octanol–water partition coefficient (Wildman–Crippen LogP) is 2.08. The van der Waals surface area contributed by atoms with Gasteiger partial charge in [0.2, 0.25) is 0 Å². The van der Waals surface area contributed by atoms with Gasteiger partial charge in [0.15, 0.2) is 0 Å². The summed E-state index contributed by atoms with van der Waals surface area (Å²) in [5.41, 5.74) is 0.930. The summed E-state index contributed by atoms with van der Waals surface area (Å²) in [6.07, 6.45) is 4.40. The van der Waals surface area contributed by atoms with E-state index in [1.807, 2.05) is 10.9 Å². The summed E-state index contributed by atoms with van der Waals surface area (Å²) in [7, 11) is 0. The molecule has 0 fully saturated rings. The summed E-state index contributed by atoms with van der Waals surface area (Å²) in [5, 5.41) is 13.9. The van der Waals surface area contributed by atoms with Crippen LogP contribution in [-0.2, 0) is 6.54 Å². The van der Waals surface area contributed by atoms with Crippen LogP contribution in [-0.4, -0.2) is 26.4 Å². The van der Waals surface area contributed by atoms with E-state index in [-0.39, 0.29) is 6.10 Å². The van der Waals surface area contributed by atoms with Crippen LogP contribution in [0.15, 0.2) is 12.4 Å². The summed E-state index contributed by atoms with van der Waals surface area (Å²) in [4.78, 5) is 0. The number of hydrogen-bond donors (Lipinski definition) is 1. The number of nitrogens with zero attached hydrogens (tertiary/aromatic N) is 2. The molecule has 1 aromatic heterocycles. The van der Waals surface area contributed by atoms with Crippen molar-refractivity contribution in [3.05, 3.63) is 18.0 Å². The molecule has 1 heterocycles. The molecule has 4 heteroatoms. The Morgan fingerprint density at radius 3 is 3.00 bits per heavy atom. The van der Waals surface area contributed by atoms with Gasteiger partial charge < -0.3 is 5.11 Å². The third-order valence-corrected chi connectivity index (χ3v) is 2.93. The van der Waals surface area contributed by atoms with Gasteiger partial charge in [0.1, 0.15) is 0 Å². The van der Waals surface area contributed by atoms with Crippen LogP contribution >= 0.6 is 11.8 Å². The molecule has 0 radical (unpaired) electrons. The minimum Gasteiger partial charge on any atom is -0.387 e. The molecule has 1 rings (SSSR count).